The molecule has 0 radical (unpaired) electrons. The zero-order valence-electron chi connectivity index (χ0n) is 22.7. The molecule has 1 aliphatic heterocycles. The first-order chi connectivity index (χ1) is 18.6. The Kier molecular flexibility index (Phi) is 12.4. The van der Waals surface area contributed by atoms with Crippen LogP contribution in [0.1, 0.15) is 40.5 Å². The molecule has 0 spiro atoms. The van der Waals surface area contributed by atoms with E-state index in [4.69, 9.17) is 9.47 Å². The van der Waals surface area contributed by atoms with Crippen molar-refractivity contribution in [3.05, 3.63) is 42.5 Å². The molecule has 2 atom stereocenters. The summed E-state index contributed by atoms with van der Waals surface area (Å²) in [5, 5.41) is 20.5. The zero-order chi connectivity index (χ0) is 28.9. The van der Waals surface area contributed by atoms with E-state index in [1.165, 1.54) is 11.9 Å². The first kappa shape index (κ1) is 31.2. The molecule has 0 saturated heterocycles. The number of nitrogens with zero attached hydrogens (tertiary/aromatic N) is 5. The van der Waals surface area contributed by atoms with Crippen molar-refractivity contribution in [3.63, 3.8) is 0 Å². The quantitative estimate of drug-likeness (QED) is 0.144. The minimum absolute atomic E-state index is 0.0624. The molecule has 208 valence electrons. The highest BCUT2D eigenvalue weighted by atomic mass is 32.2. The van der Waals surface area contributed by atoms with Gasteiger partial charge in [0.15, 0.2) is 5.37 Å². The molecule has 11 nitrogen and oxygen atoms in total. The van der Waals surface area contributed by atoms with Crippen molar-refractivity contribution in [2.75, 3.05) is 36.5 Å². The minimum Gasteiger partial charge on any atom is -0.460 e. The number of benzene rings is 1. The van der Waals surface area contributed by atoms with Crippen LogP contribution >= 0.6 is 11.9 Å². The van der Waals surface area contributed by atoms with Crippen LogP contribution in [0.4, 0.5) is 17.1 Å². The molecule has 0 saturated carbocycles. The number of hydrogen-bond acceptors (Lipinski definition) is 11. The summed E-state index contributed by atoms with van der Waals surface area (Å²) < 4.78 is 14.7. The molecule has 1 aromatic rings. The highest BCUT2D eigenvalue weighted by molar-refractivity contribution is 7.99. The highest BCUT2D eigenvalue weighted by Crippen LogP contribution is 2.35. The van der Waals surface area contributed by atoms with E-state index in [1.807, 2.05) is 11.8 Å². The van der Waals surface area contributed by atoms with Gasteiger partial charge in [-0.25, -0.2) is 14.0 Å². The number of esters is 2. The number of carbonyl (C=O) groups is 3. The number of ether oxygens (including phenoxy) is 2. The van der Waals surface area contributed by atoms with Gasteiger partial charge < -0.3 is 19.7 Å². The van der Waals surface area contributed by atoms with Gasteiger partial charge in [-0.2, -0.15) is 15.5 Å². The van der Waals surface area contributed by atoms with Gasteiger partial charge in [-0.1, -0.05) is 20.1 Å². The smallest absolute Gasteiger partial charge is 0.333 e. The van der Waals surface area contributed by atoms with Gasteiger partial charge in [0.1, 0.15) is 24.8 Å². The van der Waals surface area contributed by atoms with Crippen molar-refractivity contribution in [2.24, 2.45) is 20.5 Å². The van der Waals surface area contributed by atoms with Crippen LogP contribution in [0.2, 0.25) is 0 Å². The van der Waals surface area contributed by atoms with Crippen LogP contribution in [0.3, 0.4) is 0 Å². The molecule has 0 fully saturated rings. The van der Waals surface area contributed by atoms with Crippen molar-refractivity contribution in [1.82, 2.24) is 0 Å². The lowest BCUT2D eigenvalue weighted by Crippen LogP contribution is -2.32. The average Bonchev–Trinajstić information content (AvgIpc) is 3.25. The van der Waals surface area contributed by atoms with Gasteiger partial charge in [-0.3, -0.25) is 4.79 Å². The Morgan fingerprint density at radius 1 is 1.15 bits per heavy atom. The van der Waals surface area contributed by atoms with E-state index in [0.29, 0.717) is 35.6 Å². The first-order valence-electron chi connectivity index (χ1n) is 12.4. The predicted molar refractivity (Wildman–Crippen MR) is 152 cm³/mol. The summed E-state index contributed by atoms with van der Waals surface area (Å²) in [5.41, 5.74) is 2.76. The van der Waals surface area contributed by atoms with Crippen LogP contribution in [-0.4, -0.2) is 55.2 Å². The summed E-state index contributed by atoms with van der Waals surface area (Å²) in [4.78, 5) is 38.0. The molecule has 1 aliphatic rings. The average molecular weight is 555 g/mol. The second-order valence-corrected chi connectivity index (χ2v) is 9.75. The van der Waals surface area contributed by atoms with Crippen molar-refractivity contribution in [3.8, 4) is 6.07 Å². The topological polar surface area (TPSA) is 146 Å². The van der Waals surface area contributed by atoms with Crippen molar-refractivity contribution in [2.45, 2.75) is 45.9 Å². The molecule has 39 heavy (non-hydrogen) atoms. The summed E-state index contributed by atoms with van der Waals surface area (Å²) in [6.07, 6.45) is 0.982. The first-order valence-corrected chi connectivity index (χ1v) is 13.3. The molecular weight excluding hydrogens is 520 g/mol. The van der Waals surface area contributed by atoms with Gasteiger partial charge in [0.25, 0.3) is 0 Å². The third-order valence-corrected chi connectivity index (χ3v) is 6.42. The second-order valence-electron chi connectivity index (χ2n) is 8.87. The van der Waals surface area contributed by atoms with Crippen molar-refractivity contribution >= 4 is 52.6 Å². The van der Waals surface area contributed by atoms with Crippen molar-refractivity contribution in [1.29, 1.82) is 5.26 Å². The van der Waals surface area contributed by atoms with Crippen LogP contribution in [0, 0.1) is 17.2 Å². The van der Waals surface area contributed by atoms with E-state index in [1.54, 1.807) is 39.0 Å². The lowest BCUT2D eigenvalue weighted by atomic mass is 10.1. The van der Waals surface area contributed by atoms with Crippen LogP contribution < -0.4 is 10.2 Å². The van der Waals surface area contributed by atoms with Crippen LogP contribution in [0.15, 0.2) is 57.1 Å². The van der Waals surface area contributed by atoms with Crippen LogP contribution in [-0.2, 0) is 23.9 Å². The Bertz CT molecular complexity index is 1170. The Labute approximate surface area is 233 Å². The van der Waals surface area contributed by atoms with Gasteiger partial charge >= 0.3 is 11.9 Å². The third-order valence-electron chi connectivity index (χ3n) is 5.44. The Hall–Kier alpha value is -3.98. The lowest BCUT2D eigenvalue weighted by Gasteiger charge is -2.25. The zero-order valence-corrected chi connectivity index (χ0v) is 23.5. The molecule has 1 amide bonds. The molecule has 1 N–H and O–H groups in total. The number of anilines is 2. The molecular formula is C27H34N6O5S. The molecule has 1 aromatic carbocycles. The van der Waals surface area contributed by atoms with E-state index in [0.717, 1.165) is 0 Å². The third kappa shape index (κ3) is 9.68. The molecule has 2 rings (SSSR count). The van der Waals surface area contributed by atoms with E-state index in [9.17, 15) is 19.6 Å². The van der Waals surface area contributed by atoms with Gasteiger partial charge in [0.05, 0.1) is 24.8 Å². The van der Waals surface area contributed by atoms with E-state index < -0.39 is 23.2 Å². The molecule has 0 aliphatic carbocycles. The number of hydrogen-bond donors (Lipinski definition) is 1. The van der Waals surface area contributed by atoms with Gasteiger partial charge in [-0.15, -0.1) is 0 Å². The number of amides is 1. The fourth-order valence-corrected chi connectivity index (χ4v) is 4.14. The summed E-state index contributed by atoms with van der Waals surface area (Å²) in [6, 6.07) is 7.39. The molecule has 12 heteroatoms. The van der Waals surface area contributed by atoms with Gasteiger partial charge in [-0.05, 0) is 45.4 Å². The SMILES string of the molecule is C=C(C)C(=O)OCCN(CCOC(=O)C(=C)C)c1ccc(N=NC2SN=C(C)C2C#N)c(NC(=O)CCC)c1. The van der Waals surface area contributed by atoms with Crippen LogP contribution in [0.25, 0.3) is 0 Å². The Morgan fingerprint density at radius 2 is 1.77 bits per heavy atom. The normalized spacial score (nSPS) is 16.2. The molecule has 2 unspecified atom stereocenters. The van der Waals surface area contributed by atoms with E-state index in [2.05, 4.69) is 39.2 Å². The Morgan fingerprint density at radius 3 is 2.31 bits per heavy atom. The maximum atomic E-state index is 12.5. The maximum absolute atomic E-state index is 12.5. The van der Waals surface area contributed by atoms with Gasteiger partial charge in [0, 0.05) is 40.9 Å². The number of carbonyl (C=O) groups excluding carboxylic acids is 3. The van der Waals surface area contributed by atoms with E-state index in [-0.39, 0.29) is 43.4 Å². The fourth-order valence-electron chi connectivity index (χ4n) is 3.29. The predicted octanol–water partition coefficient (Wildman–Crippen LogP) is 5.14. The standard InChI is InChI=1S/C27H34N6O5S/c1-7-8-24(34)29-23-15-20(9-10-22(23)30-31-25-21(16-28)19(6)32-39-25)33(11-13-37-26(35)17(2)3)12-14-38-27(36)18(4)5/h9-10,15,21,25H,2,4,7-8,11-14H2,1,3,5-6H3,(H,29,34). The monoisotopic (exact) mass is 554 g/mol. The van der Waals surface area contributed by atoms with Crippen LogP contribution in [0.5, 0.6) is 0 Å². The molecule has 0 aromatic heterocycles. The minimum atomic E-state index is -0.508. The lowest BCUT2D eigenvalue weighted by molar-refractivity contribution is -0.139. The molecule has 1 heterocycles. The number of azo groups is 1. The second kappa shape index (κ2) is 15.4. The largest absolute Gasteiger partial charge is 0.460 e. The summed E-state index contributed by atoms with van der Waals surface area (Å²) >= 11 is 1.18. The summed E-state index contributed by atoms with van der Waals surface area (Å²) in [5.74, 6) is -1.68. The summed E-state index contributed by atoms with van der Waals surface area (Å²) in [7, 11) is 0. The number of nitrogens with one attached hydrogen (secondary N) is 1. The molecule has 0 bridgehead atoms. The number of nitriles is 1. The Balaban J connectivity index is 2.32. The number of rotatable bonds is 14. The fraction of sp³-hybridized carbons (Fsp3) is 0.444. The highest BCUT2D eigenvalue weighted by Gasteiger charge is 2.30. The maximum Gasteiger partial charge on any atom is 0.333 e. The van der Waals surface area contributed by atoms with E-state index >= 15 is 0 Å². The van der Waals surface area contributed by atoms with Crippen molar-refractivity contribution < 1.29 is 23.9 Å². The van der Waals surface area contributed by atoms with Gasteiger partial charge in [0.2, 0.25) is 5.91 Å². The summed E-state index contributed by atoms with van der Waals surface area (Å²) in [6.45, 7) is 14.7.